The van der Waals surface area contributed by atoms with E-state index >= 15 is 0 Å². The number of carbonyl (C=O) groups is 2. The van der Waals surface area contributed by atoms with Gasteiger partial charge in [-0.1, -0.05) is 192 Å². The number of carbonyl (C=O) groups excluding carboxylic acids is 2. The molecule has 0 radical (unpaired) electrons. The average molecular weight is 898 g/mol. The molecule has 2 atom stereocenters. The van der Waals surface area contributed by atoms with Gasteiger partial charge in [0.05, 0.1) is 27.7 Å². The minimum atomic E-state index is -4.63. The molecule has 0 saturated carbocycles. The number of allylic oxidation sites excluding steroid dienone is 4. The van der Waals surface area contributed by atoms with Crippen molar-refractivity contribution in [1.82, 2.24) is 0 Å². The van der Waals surface area contributed by atoms with Gasteiger partial charge < -0.3 is 27.9 Å². The van der Waals surface area contributed by atoms with Crippen LogP contribution in [0.5, 0.6) is 0 Å². The van der Waals surface area contributed by atoms with Gasteiger partial charge in [-0.2, -0.15) is 0 Å². The SMILES string of the molecule is CCCCCCCC/C=C/CCCCCCCCCCCCCC(=O)O[C@H](COC(=O)CCCCCCCCC/C=C/CCCCCCCC)COP(=O)([O-])OCC[N+](C)(C)C. The zero-order valence-electron chi connectivity index (χ0n) is 41.3. The summed E-state index contributed by atoms with van der Waals surface area (Å²) in [7, 11) is 1.17. The second-order valence-corrected chi connectivity index (χ2v) is 20.3. The number of unbranched alkanes of at least 4 members (excludes halogenated alkanes) is 30. The Bertz CT molecular complexity index is 1110. The fourth-order valence-electron chi connectivity index (χ4n) is 7.35. The number of ether oxygens (including phenoxy) is 2. The van der Waals surface area contributed by atoms with Crippen molar-refractivity contribution in [3.63, 3.8) is 0 Å². The number of likely N-dealkylation sites (N-methyl/N-ethyl adjacent to an activating group) is 1. The van der Waals surface area contributed by atoms with E-state index in [1.165, 1.54) is 161 Å². The molecule has 0 bridgehead atoms. The van der Waals surface area contributed by atoms with Crippen LogP contribution in [0.25, 0.3) is 0 Å². The Labute approximate surface area is 383 Å². The molecule has 0 aliphatic carbocycles. The maximum Gasteiger partial charge on any atom is 0.306 e. The first-order chi connectivity index (χ1) is 30.0. The van der Waals surface area contributed by atoms with Gasteiger partial charge in [-0.05, 0) is 64.2 Å². The Morgan fingerprint density at radius 3 is 1.19 bits per heavy atom. The number of quaternary nitrogens is 1. The Balaban J connectivity index is 4.23. The van der Waals surface area contributed by atoms with E-state index in [2.05, 4.69) is 38.2 Å². The summed E-state index contributed by atoms with van der Waals surface area (Å²) in [6.45, 7) is 4.25. The number of phosphoric ester groups is 1. The lowest BCUT2D eigenvalue weighted by Gasteiger charge is -2.28. The van der Waals surface area contributed by atoms with E-state index < -0.39 is 26.5 Å². The third-order valence-electron chi connectivity index (χ3n) is 11.4. The van der Waals surface area contributed by atoms with E-state index in [-0.39, 0.29) is 32.0 Å². The molecule has 0 aromatic carbocycles. The fraction of sp³-hybridized carbons (Fsp3) is 0.885. The van der Waals surface area contributed by atoms with Crippen molar-refractivity contribution in [1.29, 1.82) is 0 Å². The monoisotopic (exact) mass is 898 g/mol. The van der Waals surface area contributed by atoms with Gasteiger partial charge in [0.1, 0.15) is 19.8 Å². The highest BCUT2D eigenvalue weighted by Gasteiger charge is 2.21. The van der Waals surface area contributed by atoms with Crippen molar-refractivity contribution in [2.24, 2.45) is 0 Å². The van der Waals surface area contributed by atoms with Crippen molar-refractivity contribution < 1.29 is 42.1 Å². The second kappa shape index (κ2) is 44.7. The topological polar surface area (TPSA) is 111 Å². The van der Waals surface area contributed by atoms with Crippen LogP contribution in [0.2, 0.25) is 0 Å². The molecule has 0 aliphatic heterocycles. The highest BCUT2D eigenvalue weighted by molar-refractivity contribution is 7.45. The van der Waals surface area contributed by atoms with Crippen LogP contribution in [0.4, 0.5) is 0 Å². The first-order valence-electron chi connectivity index (χ1n) is 26.0. The Morgan fingerprint density at radius 2 is 0.823 bits per heavy atom. The quantitative estimate of drug-likeness (QED) is 0.0195. The van der Waals surface area contributed by atoms with Crippen molar-refractivity contribution in [3.05, 3.63) is 24.3 Å². The number of hydrogen-bond donors (Lipinski definition) is 0. The van der Waals surface area contributed by atoms with Crippen LogP contribution < -0.4 is 4.89 Å². The van der Waals surface area contributed by atoms with Gasteiger partial charge in [-0.25, -0.2) is 0 Å². The molecule has 0 saturated heterocycles. The molecule has 62 heavy (non-hydrogen) atoms. The highest BCUT2D eigenvalue weighted by atomic mass is 31.2. The normalized spacial score (nSPS) is 13.6. The van der Waals surface area contributed by atoms with E-state index in [1.54, 1.807) is 0 Å². The first kappa shape index (κ1) is 60.5. The van der Waals surface area contributed by atoms with E-state index in [9.17, 15) is 19.0 Å². The van der Waals surface area contributed by atoms with Gasteiger partial charge in [-0.3, -0.25) is 14.2 Å². The molecular formula is C52H100NO8P. The fourth-order valence-corrected chi connectivity index (χ4v) is 8.08. The molecule has 9 nitrogen and oxygen atoms in total. The van der Waals surface area contributed by atoms with E-state index in [4.69, 9.17) is 18.5 Å². The van der Waals surface area contributed by atoms with Crippen LogP contribution in [0, 0.1) is 0 Å². The van der Waals surface area contributed by atoms with Crippen LogP contribution in [-0.4, -0.2) is 70.0 Å². The summed E-state index contributed by atoms with van der Waals surface area (Å²) < 4.78 is 34.1. The maximum atomic E-state index is 12.7. The standard InChI is InChI=1S/C52H100NO8P/c1-6-8-10-12-14-16-18-20-22-24-25-26-27-29-31-33-35-37-39-41-43-45-52(55)61-50(49-60-62(56,57)59-47-46-53(3,4)5)48-58-51(54)44-42-40-38-36-34-32-30-28-23-21-19-17-15-13-11-9-7-2/h20-23,50H,6-19,24-49H2,1-5H3/b22-20+,23-21+/t50-/m1/s1. The maximum absolute atomic E-state index is 12.7. The molecule has 0 aromatic rings. The van der Waals surface area contributed by atoms with E-state index in [1.807, 2.05) is 21.1 Å². The number of phosphoric acid groups is 1. The molecule has 10 heteroatoms. The third kappa shape index (κ3) is 48.0. The van der Waals surface area contributed by atoms with Gasteiger partial charge in [0.25, 0.3) is 7.82 Å². The van der Waals surface area contributed by atoms with Gasteiger partial charge in [0, 0.05) is 12.8 Å². The number of esters is 2. The van der Waals surface area contributed by atoms with Crippen LogP contribution in [0.15, 0.2) is 24.3 Å². The minimum absolute atomic E-state index is 0.0299. The van der Waals surface area contributed by atoms with Gasteiger partial charge in [0.2, 0.25) is 0 Å². The minimum Gasteiger partial charge on any atom is -0.756 e. The molecule has 0 aliphatic rings. The lowest BCUT2D eigenvalue weighted by atomic mass is 10.0. The molecule has 1 unspecified atom stereocenters. The highest BCUT2D eigenvalue weighted by Crippen LogP contribution is 2.38. The van der Waals surface area contributed by atoms with Crippen LogP contribution in [0.1, 0.15) is 245 Å². The molecule has 0 N–H and O–H groups in total. The predicted octanol–water partition coefficient (Wildman–Crippen LogP) is 14.8. The van der Waals surface area contributed by atoms with Gasteiger partial charge >= 0.3 is 11.9 Å². The zero-order valence-corrected chi connectivity index (χ0v) is 42.2. The first-order valence-corrected chi connectivity index (χ1v) is 27.5. The lowest BCUT2D eigenvalue weighted by Crippen LogP contribution is -2.37. The van der Waals surface area contributed by atoms with E-state index in [0.29, 0.717) is 17.4 Å². The molecular weight excluding hydrogens is 798 g/mol. The third-order valence-corrected chi connectivity index (χ3v) is 12.4. The van der Waals surface area contributed by atoms with Crippen LogP contribution in [-0.2, 0) is 32.7 Å². The number of nitrogens with zero attached hydrogens (tertiary/aromatic N) is 1. The molecule has 0 rings (SSSR count). The largest absolute Gasteiger partial charge is 0.756 e. The van der Waals surface area contributed by atoms with Crippen LogP contribution >= 0.6 is 7.82 Å². The van der Waals surface area contributed by atoms with Crippen molar-refractivity contribution in [2.75, 3.05) is 47.5 Å². The summed E-state index contributed by atoms with van der Waals surface area (Å²) in [5.74, 6) is -0.830. The summed E-state index contributed by atoms with van der Waals surface area (Å²) in [5, 5.41) is 0. The summed E-state index contributed by atoms with van der Waals surface area (Å²) in [4.78, 5) is 37.7. The van der Waals surface area contributed by atoms with Gasteiger partial charge in [-0.15, -0.1) is 0 Å². The molecule has 366 valence electrons. The number of hydrogen-bond acceptors (Lipinski definition) is 8. The average Bonchev–Trinajstić information content (AvgIpc) is 3.23. The second-order valence-electron chi connectivity index (χ2n) is 18.9. The van der Waals surface area contributed by atoms with Crippen molar-refractivity contribution in [3.8, 4) is 0 Å². The molecule has 0 amide bonds. The molecule has 0 fully saturated rings. The summed E-state index contributed by atoms with van der Waals surface area (Å²) in [6, 6.07) is 0. The van der Waals surface area contributed by atoms with Crippen molar-refractivity contribution >= 4 is 19.8 Å². The summed E-state index contributed by atoms with van der Waals surface area (Å²) in [5.41, 5.74) is 0. The predicted molar refractivity (Wildman–Crippen MR) is 259 cm³/mol. The Kier molecular flexibility index (Phi) is 43.6. The van der Waals surface area contributed by atoms with Crippen LogP contribution in [0.3, 0.4) is 0 Å². The lowest BCUT2D eigenvalue weighted by molar-refractivity contribution is -0.870. The zero-order chi connectivity index (χ0) is 45.7. The van der Waals surface area contributed by atoms with Crippen molar-refractivity contribution in [2.45, 2.75) is 251 Å². The Hall–Kier alpha value is -1.51. The summed E-state index contributed by atoms with van der Waals surface area (Å²) >= 11 is 0. The Morgan fingerprint density at radius 1 is 0.484 bits per heavy atom. The van der Waals surface area contributed by atoms with Gasteiger partial charge in [0.15, 0.2) is 6.10 Å². The van der Waals surface area contributed by atoms with E-state index in [0.717, 1.165) is 51.4 Å². The molecule has 0 heterocycles. The summed E-state index contributed by atoms with van der Waals surface area (Å²) in [6.07, 6.45) is 50.6. The molecule has 0 spiro atoms. The number of rotatable bonds is 48. The smallest absolute Gasteiger partial charge is 0.306 e. The molecule has 0 aromatic heterocycles.